The van der Waals surface area contributed by atoms with E-state index in [1.807, 2.05) is 0 Å². The van der Waals surface area contributed by atoms with Crippen molar-refractivity contribution in [1.82, 2.24) is 0 Å². The van der Waals surface area contributed by atoms with E-state index in [4.69, 9.17) is 4.74 Å². The van der Waals surface area contributed by atoms with Crippen LogP contribution in [0.4, 0.5) is 0 Å². The summed E-state index contributed by atoms with van der Waals surface area (Å²) >= 11 is 0. The largest absolute Gasteiger partial charge is 0.469 e. The Morgan fingerprint density at radius 1 is 1.21 bits per heavy atom. The molecule has 0 radical (unpaired) electrons. The predicted octanol–water partition coefficient (Wildman–Crippen LogP) is -0.458. The van der Waals surface area contributed by atoms with Gasteiger partial charge in [0.2, 0.25) is 0 Å². The van der Waals surface area contributed by atoms with E-state index in [0.717, 1.165) is 6.26 Å². The zero-order valence-corrected chi connectivity index (χ0v) is 9.00. The molecule has 0 heterocycles. The van der Waals surface area contributed by atoms with E-state index in [9.17, 15) is 13.2 Å². The first kappa shape index (κ1) is 13.3. The average molecular weight is 226 g/mol. The van der Waals surface area contributed by atoms with Crippen molar-refractivity contribution >= 4 is 16.1 Å². The minimum atomic E-state index is -3.40. The molecule has 14 heavy (non-hydrogen) atoms. The monoisotopic (exact) mass is 226 g/mol. The fourth-order valence-electron chi connectivity index (χ4n) is 0.604. The summed E-state index contributed by atoms with van der Waals surface area (Å²) in [5, 5.41) is 0. The van der Waals surface area contributed by atoms with Crippen LogP contribution in [-0.4, -0.2) is 47.6 Å². The van der Waals surface area contributed by atoms with Crippen LogP contribution in [0.1, 0.15) is 6.42 Å². The van der Waals surface area contributed by atoms with Gasteiger partial charge in [-0.1, -0.05) is 0 Å². The van der Waals surface area contributed by atoms with E-state index in [1.165, 1.54) is 7.11 Å². The highest BCUT2D eigenvalue weighted by atomic mass is 32.2. The third kappa shape index (κ3) is 9.43. The Morgan fingerprint density at radius 3 is 2.36 bits per heavy atom. The Hall–Kier alpha value is -0.660. The van der Waals surface area contributed by atoms with Crippen LogP contribution in [0.3, 0.4) is 0 Å². The van der Waals surface area contributed by atoms with Crippen LogP contribution < -0.4 is 0 Å². The van der Waals surface area contributed by atoms with Gasteiger partial charge in [-0.3, -0.25) is 8.98 Å². The Kier molecular flexibility index (Phi) is 6.43. The van der Waals surface area contributed by atoms with E-state index < -0.39 is 10.1 Å². The van der Waals surface area contributed by atoms with E-state index in [0.29, 0.717) is 0 Å². The quantitative estimate of drug-likeness (QED) is 0.332. The number of esters is 1. The van der Waals surface area contributed by atoms with Gasteiger partial charge in [0.15, 0.2) is 0 Å². The molecular formula is C7H14O6S. The predicted molar refractivity (Wildman–Crippen MR) is 48.2 cm³/mol. The summed E-state index contributed by atoms with van der Waals surface area (Å²) in [5.41, 5.74) is 0. The van der Waals surface area contributed by atoms with Gasteiger partial charge in [-0.2, -0.15) is 8.42 Å². The van der Waals surface area contributed by atoms with Gasteiger partial charge in [0.05, 0.1) is 39.6 Å². The normalized spacial score (nSPS) is 11.3. The first-order valence-electron chi connectivity index (χ1n) is 3.94. The maximum absolute atomic E-state index is 10.6. The second-order valence-electron chi connectivity index (χ2n) is 2.46. The highest BCUT2D eigenvalue weighted by Crippen LogP contribution is 1.89. The summed E-state index contributed by atoms with van der Waals surface area (Å²) in [6, 6.07) is 0. The standard InChI is InChI=1S/C7H14O6S/c1-11-7(8)3-4-12-5-6-13-14(2,9)10/h3-6H2,1-2H3. The number of hydrogen-bond donors (Lipinski definition) is 0. The summed E-state index contributed by atoms with van der Waals surface area (Å²) in [5.74, 6) is -0.367. The van der Waals surface area contributed by atoms with Gasteiger partial charge < -0.3 is 9.47 Å². The molecule has 7 heteroatoms. The zero-order chi connectivity index (χ0) is 11.0. The average Bonchev–Trinajstić information content (AvgIpc) is 2.08. The lowest BCUT2D eigenvalue weighted by atomic mass is 10.5. The van der Waals surface area contributed by atoms with Crippen molar-refractivity contribution < 1.29 is 26.9 Å². The molecule has 0 spiro atoms. The van der Waals surface area contributed by atoms with Crippen LogP contribution in [0.5, 0.6) is 0 Å². The number of carbonyl (C=O) groups excluding carboxylic acids is 1. The van der Waals surface area contributed by atoms with E-state index >= 15 is 0 Å². The molecule has 0 aliphatic heterocycles. The van der Waals surface area contributed by atoms with Crippen LogP contribution in [0.25, 0.3) is 0 Å². The molecule has 6 nitrogen and oxygen atoms in total. The lowest BCUT2D eigenvalue weighted by molar-refractivity contribution is -0.141. The SMILES string of the molecule is COC(=O)CCOCCOS(C)(=O)=O. The number of methoxy groups -OCH3 is 1. The van der Waals surface area contributed by atoms with Crippen LogP contribution in [0.15, 0.2) is 0 Å². The number of rotatable bonds is 7. The Morgan fingerprint density at radius 2 is 1.86 bits per heavy atom. The fourth-order valence-corrected chi connectivity index (χ4v) is 0.975. The molecular weight excluding hydrogens is 212 g/mol. The number of ether oxygens (including phenoxy) is 2. The topological polar surface area (TPSA) is 78.9 Å². The molecule has 0 fully saturated rings. The molecule has 0 N–H and O–H groups in total. The molecule has 0 aliphatic carbocycles. The van der Waals surface area contributed by atoms with Crippen molar-refractivity contribution in [2.75, 3.05) is 33.2 Å². The Bertz CT molecular complexity index is 257. The molecule has 0 amide bonds. The molecule has 0 aromatic heterocycles. The van der Waals surface area contributed by atoms with Gasteiger partial charge in [0.1, 0.15) is 0 Å². The van der Waals surface area contributed by atoms with Crippen molar-refractivity contribution in [3.8, 4) is 0 Å². The van der Waals surface area contributed by atoms with Crippen LogP contribution in [-0.2, 0) is 28.6 Å². The van der Waals surface area contributed by atoms with Crippen molar-refractivity contribution in [1.29, 1.82) is 0 Å². The molecule has 0 aromatic carbocycles. The molecule has 0 bridgehead atoms. The lowest BCUT2D eigenvalue weighted by Crippen LogP contribution is -2.12. The van der Waals surface area contributed by atoms with Gasteiger partial charge >= 0.3 is 5.97 Å². The van der Waals surface area contributed by atoms with Gasteiger partial charge in [-0.25, -0.2) is 0 Å². The number of carbonyl (C=O) groups is 1. The molecule has 0 atom stereocenters. The Labute approximate surface area is 83.3 Å². The third-order valence-corrected chi connectivity index (χ3v) is 1.80. The van der Waals surface area contributed by atoms with E-state index in [-0.39, 0.29) is 32.2 Å². The van der Waals surface area contributed by atoms with E-state index in [1.54, 1.807) is 0 Å². The highest BCUT2D eigenvalue weighted by Gasteiger charge is 2.02. The van der Waals surface area contributed by atoms with Gasteiger partial charge in [0, 0.05) is 0 Å². The molecule has 0 rings (SSSR count). The maximum atomic E-state index is 10.6. The molecule has 0 saturated heterocycles. The lowest BCUT2D eigenvalue weighted by Gasteiger charge is -2.03. The molecule has 84 valence electrons. The molecule has 0 saturated carbocycles. The van der Waals surface area contributed by atoms with Crippen LogP contribution in [0, 0.1) is 0 Å². The first-order valence-corrected chi connectivity index (χ1v) is 5.76. The van der Waals surface area contributed by atoms with Crippen molar-refractivity contribution in [3.63, 3.8) is 0 Å². The summed E-state index contributed by atoms with van der Waals surface area (Å²) in [4.78, 5) is 10.6. The Balaban J connectivity index is 3.27. The summed E-state index contributed by atoms with van der Waals surface area (Å²) in [6.45, 7) is 0.282. The van der Waals surface area contributed by atoms with Crippen LogP contribution >= 0.6 is 0 Å². The maximum Gasteiger partial charge on any atom is 0.307 e. The van der Waals surface area contributed by atoms with Gasteiger partial charge in [-0.05, 0) is 0 Å². The second-order valence-corrected chi connectivity index (χ2v) is 4.11. The molecule has 0 aromatic rings. The van der Waals surface area contributed by atoms with Crippen molar-refractivity contribution in [2.45, 2.75) is 6.42 Å². The third-order valence-electron chi connectivity index (χ3n) is 1.20. The smallest absolute Gasteiger partial charge is 0.307 e. The zero-order valence-electron chi connectivity index (χ0n) is 8.19. The minimum absolute atomic E-state index is 0.0417. The van der Waals surface area contributed by atoms with Gasteiger partial charge in [-0.15, -0.1) is 0 Å². The summed E-state index contributed by atoms with van der Waals surface area (Å²) < 4.78 is 34.6. The second kappa shape index (κ2) is 6.74. The fraction of sp³-hybridized carbons (Fsp3) is 0.857. The summed E-state index contributed by atoms with van der Waals surface area (Å²) in [7, 11) is -2.12. The molecule has 0 aliphatic rings. The van der Waals surface area contributed by atoms with Crippen molar-refractivity contribution in [3.05, 3.63) is 0 Å². The van der Waals surface area contributed by atoms with Crippen LogP contribution in [0.2, 0.25) is 0 Å². The summed E-state index contributed by atoms with van der Waals surface area (Å²) in [6.07, 6.45) is 1.11. The van der Waals surface area contributed by atoms with Gasteiger partial charge in [0.25, 0.3) is 10.1 Å². The molecule has 0 unspecified atom stereocenters. The van der Waals surface area contributed by atoms with E-state index in [2.05, 4.69) is 8.92 Å². The highest BCUT2D eigenvalue weighted by molar-refractivity contribution is 7.85. The minimum Gasteiger partial charge on any atom is -0.469 e. The van der Waals surface area contributed by atoms with Crippen molar-refractivity contribution in [2.24, 2.45) is 0 Å². The number of hydrogen-bond acceptors (Lipinski definition) is 6. The first-order chi connectivity index (χ1) is 6.45.